The molecule has 0 atom stereocenters. The number of hydrogen-bond donors (Lipinski definition) is 0. The summed E-state index contributed by atoms with van der Waals surface area (Å²) in [5.41, 5.74) is 4.25. The maximum Gasteiger partial charge on any atom is 0.365 e. The second-order valence-electron chi connectivity index (χ2n) is 9.59. The van der Waals surface area contributed by atoms with Crippen LogP contribution in [0.4, 0.5) is 5.69 Å². The number of imide groups is 1. The van der Waals surface area contributed by atoms with Crippen molar-refractivity contribution in [3.8, 4) is 5.69 Å². The summed E-state index contributed by atoms with van der Waals surface area (Å²) in [5.74, 6) is -0.625. The summed E-state index contributed by atoms with van der Waals surface area (Å²) in [6.07, 6.45) is 4.82. The van der Waals surface area contributed by atoms with E-state index in [-0.39, 0.29) is 19.3 Å². The number of aryl methyl sites for hydroxylation is 1. The van der Waals surface area contributed by atoms with Gasteiger partial charge in [0.1, 0.15) is 11.4 Å². The van der Waals surface area contributed by atoms with Crippen molar-refractivity contribution in [3.63, 3.8) is 0 Å². The summed E-state index contributed by atoms with van der Waals surface area (Å²) in [4.78, 5) is 48.7. The number of hydrogen-bond acceptors (Lipinski definition) is 8. The Balaban J connectivity index is 1.23. The summed E-state index contributed by atoms with van der Waals surface area (Å²) in [5, 5.41) is 2.65. The highest BCUT2D eigenvalue weighted by molar-refractivity contribution is 8.03. The Hall–Kier alpha value is -3.63. The van der Waals surface area contributed by atoms with Crippen molar-refractivity contribution >= 4 is 53.1 Å². The molecule has 0 spiro atoms. The van der Waals surface area contributed by atoms with Crippen LogP contribution in [0.1, 0.15) is 49.9 Å². The lowest BCUT2D eigenvalue weighted by Crippen LogP contribution is -2.38. The first kappa shape index (κ1) is 27.9. The first-order valence-electron chi connectivity index (χ1n) is 13.3. The molecule has 3 heterocycles. The molecule has 0 radical (unpaired) electrons. The van der Waals surface area contributed by atoms with Crippen LogP contribution in [0.25, 0.3) is 11.8 Å². The van der Waals surface area contributed by atoms with E-state index in [4.69, 9.17) is 9.82 Å². The van der Waals surface area contributed by atoms with E-state index in [1.54, 1.807) is 23.5 Å². The van der Waals surface area contributed by atoms with Gasteiger partial charge in [-0.2, -0.15) is 4.57 Å². The predicted molar refractivity (Wildman–Crippen MR) is 156 cm³/mol. The molecular formula is C30H31N4O4S2+. The third-order valence-corrected chi connectivity index (χ3v) is 8.83. The van der Waals surface area contributed by atoms with E-state index in [0.717, 1.165) is 45.9 Å². The van der Waals surface area contributed by atoms with Crippen LogP contribution in [0.15, 0.2) is 75.7 Å². The number of rotatable bonds is 10. The molecular weight excluding hydrogens is 544 g/mol. The van der Waals surface area contributed by atoms with Crippen LogP contribution in [0, 0.1) is 6.92 Å². The van der Waals surface area contributed by atoms with Crippen molar-refractivity contribution in [3.05, 3.63) is 77.1 Å². The SMILES string of the molecule is Cc1cc(/C=C2/Sc3ccccc3N2C)nc(SCCCCCC(=O)ON2C(=O)CCC2=O)[n+]1-c1ccccc1. The molecule has 0 aliphatic carbocycles. The van der Waals surface area contributed by atoms with Crippen molar-refractivity contribution < 1.29 is 23.8 Å². The zero-order valence-electron chi connectivity index (χ0n) is 22.5. The van der Waals surface area contributed by atoms with Gasteiger partial charge < -0.3 is 9.74 Å². The zero-order valence-corrected chi connectivity index (χ0v) is 24.2. The quantitative estimate of drug-likeness (QED) is 0.104. The minimum atomic E-state index is -0.548. The summed E-state index contributed by atoms with van der Waals surface area (Å²) >= 11 is 3.44. The van der Waals surface area contributed by atoms with E-state index in [1.807, 2.05) is 18.2 Å². The average Bonchev–Trinajstić information content (AvgIpc) is 3.44. The molecule has 2 aromatic carbocycles. The normalized spacial score (nSPS) is 15.7. The van der Waals surface area contributed by atoms with Crippen LogP contribution in [0.5, 0.6) is 0 Å². The van der Waals surface area contributed by atoms with Gasteiger partial charge in [-0.1, -0.05) is 48.5 Å². The fourth-order valence-electron chi connectivity index (χ4n) is 4.57. The van der Waals surface area contributed by atoms with E-state index >= 15 is 0 Å². The number of hydroxylamine groups is 2. The van der Waals surface area contributed by atoms with Crippen LogP contribution < -0.4 is 9.47 Å². The Labute approximate surface area is 242 Å². The molecule has 10 heteroatoms. The molecule has 2 aliphatic rings. The molecule has 0 unspecified atom stereocenters. The number of fused-ring (bicyclic) bond motifs is 1. The average molecular weight is 576 g/mol. The number of carbonyl (C=O) groups is 3. The lowest BCUT2D eigenvalue weighted by molar-refractivity contribution is -0.647. The molecule has 1 fully saturated rings. The molecule has 3 aromatic rings. The predicted octanol–water partition coefficient (Wildman–Crippen LogP) is 5.47. The van der Waals surface area contributed by atoms with Crippen LogP contribution in [0.3, 0.4) is 0 Å². The number of thioether (sulfide) groups is 2. The molecule has 40 heavy (non-hydrogen) atoms. The number of para-hydroxylation sites is 2. The largest absolute Gasteiger partial charge is 0.365 e. The smallest absolute Gasteiger partial charge is 0.338 e. The lowest BCUT2D eigenvalue weighted by atomic mass is 10.2. The fourth-order valence-corrected chi connectivity index (χ4v) is 6.75. The fraction of sp³-hybridized carbons (Fsp3) is 0.300. The zero-order chi connectivity index (χ0) is 28.1. The Morgan fingerprint density at radius 2 is 1.77 bits per heavy atom. The van der Waals surface area contributed by atoms with Gasteiger partial charge in [-0.05, 0) is 60.8 Å². The minimum Gasteiger partial charge on any atom is -0.338 e. The van der Waals surface area contributed by atoms with Gasteiger partial charge in [0, 0.05) is 49.1 Å². The molecule has 8 nitrogen and oxygen atoms in total. The maximum atomic E-state index is 12.1. The highest BCUT2D eigenvalue weighted by Crippen LogP contribution is 2.45. The maximum absolute atomic E-state index is 12.1. The molecule has 5 rings (SSSR count). The molecule has 1 saturated heterocycles. The van der Waals surface area contributed by atoms with E-state index < -0.39 is 17.8 Å². The van der Waals surface area contributed by atoms with E-state index in [2.05, 4.69) is 72.0 Å². The lowest BCUT2D eigenvalue weighted by Gasteiger charge is -2.13. The Kier molecular flexibility index (Phi) is 8.86. The van der Waals surface area contributed by atoms with Crippen molar-refractivity contribution in [1.82, 2.24) is 10.0 Å². The highest BCUT2D eigenvalue weighted by atomic mass is 32.2. The Morgan fingerprint density at radius 3 is 2.52 bits per heavy atom. The summed E-state index contributed by atoms with van der Waals surface area (Å²) in [7, 11) is 2.08. The molecule has 0 saturated carbocycles. The second kappa shape index (κ2) is 12.7. The highest BCUT2D eigenvalue weighted by Gasteiger charge is 2.32. The van der Waals surface area contributed by atoms with Gasteiger partial charge >= 0.3 is 11.1 Å². The van der Waals surface area contributed by atoms with Gasteiger partial charge in [-0.3, -0.25) is 9.59 Å². The number of benzene rings is 2. The standard InChI is InChI=1S/C30H31N4O4S2/c1-21-19-22(20-28-32(2)24-13-8-9-14-25(24)40-28)31-30(33(21)23-11-5-3-6-12-23)39-18-10-4-7-15-29(37)38-34-26(35)16-17-27(34)36/h3,5-6,8-9,11-14,19-20H,4,7,10,15-18H2,1-2H3/q+1. The molecule has 2 aliphatic heterocycles. The third kappa shape index (κ3) is 6.39. The molecule has 0 N–H and O–H groups in total. The molecule has 206 valence electrons. The van der Waals surface area contributed by atoms with Crippen molar-refractivity contribution in [1.29, 1.82) is 0 Å². The van der Waals surface area contributed by atoms with Crippen molar-refractivity contribution in [2.24, 2.45) is 0 Å². The van der Waals surface area contributed by atoms with Crippen LogP contribution in [0.2, 0.25) is 0 Å². The number of nitrogens with zero attached hydrogens (tertiary/aromatic N) is 4. The van der Waals surface area contributed by atoms with Crippen molar-refractivity contribution in [2.75, 3.05) is 17.7 Å². The third-order valence-electron chi connectivity index (χ3n) is 6.64. The van der Waals surface area contributed by atoms with Gasteiger partial charge in [0.05, 0.1) is 10.7 Å². The van der Waals surface area contributed by atoms with Gasteiger partial charge in [0.25, 0.3) is 11.8 Å². The minimum absolute atomic E-state index is 0.0985. The summed E-state index contributed by atoms with van der Waals surface area (Å²) < 4.78 is 2.17. The molecule has 1 aromatic heterocycles. The molecule has 0 bridgehead atoms. The first-order valence-corrected chi connectivity index (χ1v) is 15.1. The topological polar surface area (TPSA) is 83.7 Å². The number of anilines is 1. The van der Waals surface area contributed by atoms with Crippen LogP contribution >= 0.6 is 23.5 Å². The number of aromatic nitrogens is 2. The summed E-state index contributed by atoms with van der Waals surface area (Å²) in [6.45, 7) is 2.10. The van der Waals surface area contributed by atoms with Crippen LogP contribution in [-0.2, 0) is 19.2 Å². The van der Waals surface area contributed by atoms with Gasteiger partial charge in [-0.25, -0.2) is 4.79 Å². The van der Waals surface area contributed by atoms with E-state index in [0.29, 0.717) is 11.5 Å². The summed E-state index contributed by atoms with van der Waals surface area (Å²) in [6, 6.07) is 20.7. The first-order chi connectivity index (χ1) is 19.4. The van der Waals surface area contributed by atoms with Gasteiger partial charge in [0.15, 0.2) is 5.69 Å². The Morgan fingerprint density at radius 1 is 1.05 bits per heavy atom. The van der Waals surface area contributed by atoms with Crippen molar-refractivity contribution in [2.45, 2.75) is 55.5 Å². The Bertz CT molecular complexity index is 1450. The van der Waals surface area contributed by atoms with Crippen LogP contribution in [-0.4, -0.2) is 40.6 Å². The number of amides is 2. The number of unbranched alkanes of at least 4 members (excludes halogenated alkanes) is 2. The monoisotopic (exact) mass is 575 g/mol. The second-order valence-corrected chi connectivity index (χ2v) is 11.7. The number of carbonyl (C=O) groups excluding carboxylic acids is 3. The molecule has 2 amide bonds. The van der Waals surface area contributed by atoms with E-state index in [1.165, 1.54) is 10.6 Å². The van der Waals surface area contributed by atoms with Gasteiger partial charge in [-0.15, -0.1) is 5.06 Å². The van der Waals surface area contributed by atoms with E-state index in [9.17, 15) is 14.4 Å². The van der Waals surface area contributed by atoms with Gasteiger partial charge in [0.2, 0.25) is 0 Å².